The molecule has 1 aliphatic rings. The van der Waals surface area contributed by atoms with Crippen molar-refractivity contribution in [2.24, 2.45) is 11.3 Å². The first-order chi connectivity index (χ1) is 9.84. The van der Waals surface area contributed by atoms with Crippen LogP contribution in [0.5, 0.6) is 0 Å². The molecule has 1 saturated carbocycles. The van der Waals surface area contributed by atoms with Crippen molar-refractivity contribution in [2.45, 2.75) is 59.0 Å². The molecule has 0 bridgehead atoms. The van der Waals surface area contributed by atoms with Crippen LogP contribution < -0.4 is 5.32 Å². The smallest absolute Gasteiger partial charge is 0.0345 e. The highest BCUT2D eigenvalue weighted by Crippen LogP contribution is 2.38. The molecule has 118 valence electrons. The summed E-state index contributed by atoms with van der Waals surface area (Å²) in [5.74, 6) is 0.885. The van der Waals surface area contributed by atoms with E-state index in [1.807, 2.05) is 0 Å². The molecule has 0 amide bonds. The molecule has 1 fully saturated rings. The van der Waals surface area contributed by atoms with Gasteiger partial charge in [-0.2, -0.15) is 0 Å². The Hall–Kier alpha value is -1.02. The maximum absolute atomic E-state index is 3.75. The molecule has 1 N–H and O–H groups in total. The summed E-state index contributed by atoms with van der Waals surface area (Å²) in [6.07, 6.45) is 5.33. The fraction of sp³-hybridized carbons (Fsp3) is 0.684. The van der Waals surface area contributed by atoms with E-state index >= 15 is 0 Å². The zero-order valence-corrected chi connectivity index (χ0v) is 14.4. The van der Waals surface area contributed by atoms with Gasteiger partial charge in [0, 0.05) is 18.3 Å². The Morgan fingerprint density at radius 3 is 2.33 bits per heavy atom. The Balaban J connectivity index is 1.89. The molecule has 1 aromatic carbocycles. The number of hydrogen-bond donors (Lipinski definition) is 1. The molecule has 0 radical (unpaired) electrons. The number of anilines is 1. The van der Waals surface area contributed by atoms with Crippen LogP contribution in [0.15, 0.2) is 24.3 Å². The minimum atomic E-state index is 0.469. The number of benzene rings is 1. The van der Waals surface area contributed by atoms with Gasteiger partial charge in [-0.15, -0.1) is 0 Å². The zero-order valence-electron chi connectivity index (χ0n) is 14.4. The average molecular weight is 288 g/mol. The number of nitrogens with zero attached hydrogens (tertiary/aromatic N) is 1. The van der Waals surface area contributed by atoms with Gasteiger partial charge in [0.05, 0.1) is 0 Å². The summed E-state index contributed by atoms with van der Waals surface area (Å²) in [6.45, 7) is 8.16. The van der Waals surface area contributed by atoms with Crippen molar-refractivity contribution in [1.29, 1.82) is 0 Å². The summed E-state index contributed by atoms with van der Waals surface area (Å²) in [7, 11) is 4.24. The molecule has 0 atom stereocenters. The Labute approximate surface area is 130 Å². The Morgan fingerprint density at radius 2 is 1.76 bits per heavy atom. The molecule has 2 nitrogen and oxygen atoms in total. The van der Waals surface area contributed by atoms with E-state index in [0.717, 1.165) is 12.5 Å². The van der Waals surface area contributed by atoms with Crippen molar-refractivity contribution in [3.8, 4) is 0 Å². The lowest BCUT2D eigenvalue weighted by Crippen LogP contribution is -2.31. The van der Waals surface area contributed by atoms with Crippen LogP contribution in [-0.2, 0) is 6.54 Å². The molecule has 0 spiro atoms. The monoisotopic (exact) mass is 288 g/mol. The van der Waals surface area contributed by atoms with Gasteiger partial charge < -0.3 is 10.2 Å². The van der Waals surface area contributed by atoms with Crippen LogP contribution in [-0.4, -0.2) is 25.0 Å². The van der Waals surface area contributed by atoms with Gasteiger partial charge in [0.1, 0.15) is 0 Å². The van der Waals surface area contributed by atoms with Crippen molar-refractivity contribution in [3.63, 3.8) is 0 Å². The molecular formula is C19H32N2. The third-order valence-corrected chi connectivity index (χ3v) is 4.75. The fourth-order valence-electron chi connectivity index (χ4n) is 3.46. The summed E-state index contributed by atoms with van der Waals surface area (Å²) < 4.78 is 0. The molecule has 0 aliphatic heterocycles. The minimum absolute atomic E-state index is 0.469. The predicted octanol–water partition coefficient (Wildman–Crippen LogP) is 4.77. The van der Waals surface area contributed by atoms with E-state index in [-0.39, 0.29) is 0 Å². The summed E-state index contributed by atoms with van der Waals surface area (Å²) in [5, 5.41) is 3.75. The van der Waals surface area contributed by atoms with Gasteiger partial charge >= 0.3 is 0 Å². The first-order valence-corrected chi connectivity index (χ1v) is 8.35. The minimum Gasteiger partial charge on any atom is -0.382 e. The van der Waals surface area contributed by atoms with Crippen molar-refractivity contribution in [2.75, 3.05) is 19.4 Å². The highest BCUT2D eigenvalue weighted by molar-refractivity contribution is 5.46. The summed E-state index contributed by atoms with van der Waals surface area (Å²) >= 11 is 0. The van der Waals surface area contributed by atoms with E-state index in [0.29, 0.717) is 11.5 Å². The second-order valence-corrected chi connectivity index (χ2v) is 8.00. The fourth-order valence-corrected chi connectivity index (χ4v) is 3.46. The summed E-state index contributed by atoms with van der Waals surface area (Å²) in [5.41, 5.74) is 3.14. The van der Waals surface area contributed by atoms with Gasteiger partial charge in [-0.05, 0) is 68.8 Å². The normalized spacial score (nSPS) is 23.3. The third-order valence-electron chi connectivity index (χ3n) is 4.75. The number of rotatable bonds is 4. The van der Waals surface area contributed by atoms with Crippen LogP contribution >= 0.6 is 0 Å². The third kappa shape index (κ3) is 5.03. The van der Waals surface area contributed by atoms with Crippen LogP contribution in [0, 0.1) is 11.3 Å². The van der Waals surface area contributed by atoms with Gasteiger partial charge in [0.2, 0.25) is 0 Å². The number of hydrogen-bond acceptors (Lipinski definition) is 2. The second-order valence-electron chi connectivity index (χ2n) is 8.00. The molecule has 0 heterocycles. The Kier molecular flexibility index (Phi) is 5.32. The van der Waals surface area contributed by atoms with Crippen LogP contribution in [0.2, 0.25) is 0 Å². The van der Waals surface area contributed by atoms with Crippen LogP contribution in [0.3, 0.4) is 0 Å². The molecule has 0 saturated heterocycles. The molecular weight excluding hydrogens is 256 g/mol. The number of nitrogens with one attached hydrogen (secondary N) is 1. The topological polar surface area (TPSA) is 15.3 Å². The molecule has 1 aromatic rings. The van der Waals surface area contributed by atoms with E-state index < -0.39 is 0 Å². The van der Waals surface area contributed by atoms with Crippen LogP contribution in [0.25, 0.3) is 0 Å². The summed E-state index contributed by atoms with van der Waals surface area (Å²) in [4.78, 5) is 2.22. The van der Waals surface area contributed by atoms with E-state index in [2.05, 4.69) is 69.3 Å². The van der Waals surface area contributed by atoms with E-state index in [9.17, 15) is 0 Å². The lowest BCUT2D eigenvalue weighted by Gasteiger charge is -2.37. The maximum Gasteiger partial charge on any atom is 0.0345 e. The van der Waals surface area contributed by atoms with Crippen LogP contribution in [0.1, 0.15) is 52.0 Å². The van der Waals surface area contributed by atoms with E-state index in [1.165, 1.54) is 36.9 Å². The van der Waals surface area contributed by atoms with Crippen LogP contribution in [0.4, 0.5) is 5.69 Å². The Bertz CT molecular complexity index is 437. The quantitative estimate of drug-likeness (QED) is 0.859. The van der Waals surface area contributed by atoms with E-state index in [1.54, 1.807) is 0 Å². The van der Waals surface area contributed by atoms with Crippen molar-refractivity contribution in [1.82, 2.24) is 4.90 Å². The van der Waals surface area contributed by atoms with E-state index in [4.69, 9.17) is 0 Å². The van der Waals surface area contributed by atoms with Gasteiger partial charge in [-0.3, -0.25) is 0 Å². The Morgan fingerprint density at radius 1 is 1.10 bits per heavy atom. The van der Waals surface area contributed by atoms with Crippen molar-refractivity contribution < 1.29 is 0 Å². The van der Waals surface area contributed by atoms with Gasteiger partial charge in [0.15, 0.2) is 0 Å². The molecule has 2 rings (SSSR count). The largest absolute Gasteiger partial charge is 0.382 e. The van der Waals surface area contributed by atoms with Gasteiger partial charge in [-0.1, -0.05) is 32.9 Å². The molecule has 1 aliphatic carbocycles. The standard InChI is InChI=1S/C19H32N2/c1-19(2,3)16-9-11-17(12-10-16)20-18-8-6-7-15(13-18)14-21(4)5/h6-8,13,16-17,20H,9-12,14H2,1-5H3. The highest BCUT2D eigenvalue weighted by Gasteiger charge is 2.29. The second kappa shape index (κ2) is 6.83. The lowest BCUT2D eigenvalue weighted by atomic mass is 9.71. The highest BCUT2D eigenvalue weighted by atomic mass is 15.0. The SMILES string of the molecule is CN(C)Cc1cccc(NC2CCC(C(C)(C)C)CC2)c1. The molecule has 21 heavy (non-hydrogen) atoms. The van der Waals surface area contributed by atoms with Crippen molar-refractivity contribution in [3.05, 3.63) is 29.8 Å². The first kappa shape index (κ1) is 16.4. The first-order valence-electron chi connectivity index (χ1n) is 8.35. The molecule has 0 unspecified atom stereocenters. The lowest BCUT2D eigenvalue weighted by molar-refractivity contribution is 0.173. The zero-order chi connectivity index (χ0) is 15.5. The predicted molar refractivity (Wildman–Crippen MR) is 92.7 cm³/mol. The summed E-state index contributed by atoms with van der Waals surface area (Å²) in [6, 6.07) is 9.53. The molecule has 2 heteroatoms. The average Bonchev–Trinajstić information content (AvgIpc) is 2.38. The van der Waals surface area contributed by atoms with Gasteiger partial charge in [0.25, 0.3) is 0 Å². The maximum atomic E-state index is 3.75. The molecule has 0 aromatic heterocycles. The van der Waals surface area contributed by atoms with Crippen molar-refractivity contribution >= 4 is 5.69 Å². The van der Waals surface area contributed by atoms with Gasteiger partial charge in [-0.25, -0.2) is 0 Å².